The Labute approximate surface area is 190 Å². The second-order valence-electron chi connectivity index (χ2n) is 10.1. The fourth-order valence-corrected chi connectivity index (χ4v) is 6.13. The summed E-state index contributed by atoms with van der Waals surface area (Å²) in [7, 11) is 0. The lowest BCUT2D eigenvalue weighted by Gasteiger charge is -2.61. The van der Waals surface area contributed by atoms with E-state index >= 15 is 0 Å². The molecule has 2 aliphatic carbocycles. The largest absolute Gasteiger partial charge is 0.508 e. The molecule has 3 fully saturated rings. The lowest BCUT2D eigenvalue weighted by atomic mass is 9.52. The van der Waals surface area contributed by atoms with Gasteiger partial charge in [-0.3, -0.25) is 9.69 Å². The van der Waals surface area contributed by atoms with Crippen LogP contribution in [-0.2, 0) is 10.2 Å². The average Bonchev–Trinajstić information content (AvgIpc) is 3.56. The Balaban J connectivity index is 1.66. The first-order valence-electron chi connectivity index (χ1n) is 11.8. The van der Waals surface area contributed by atoms with Crippen LogP contribution in [0.3, 0.4) is 0 Å². The van der Waals surface area contributed by atoms with Gasteiger partial charge in [-0.15, -0.1) is 0 Å². The lowest BCUT2D eigenvalue weighted by molar-refractivity contribution is -0.160. The number of nitrogens with zero attached hydrogens (tertiary/aromatic N) is 2. The summed E-state index contributed by atoms with van der Waals surface area (Å²) < 4.78 is 0. The molecule has 1 heterocycles. The van der Waals surface area contributed by atoms with Crippen molar-refractivity contribution >= 4 is 11.9 Å². The topological polar surface area (TPSA) is 137 Å². The molecule has 8 heteroatoms. The number of piperidine rings is 1. The number of rotatable bonds is 6. The molecule has 32 heavy (non-hydrogen) atoms. The molecule has 7 N–H and O–H groups in total. The minimum atomic E-state index is -0.945. The number of aryl methyl sites for hydroxylation is 1. The third-order valence-corrected chi connectivity index (χ3v) is 8.06. The zero-order valence-electron chi connectivity index (χ0n) is 19.2. The van der Waals surface area contributed by atoms with Crippen molar-refractivity contribution in [2.45, 2.75) is 75.5 Å². The van der Waals surface area contributed by atoms with E-state index in [0.717, 1.165) is 36.6 Å². The van der Waals surface area contributed by atoms with E-state index in [2.05, 4.69) is 22.1 Å². The molecule has 4 unspecified atom stereocenters. The number of nitrogens with one attached hydrogen (secondary N) is 1. The summed E-state index contributed by atoms with van der Waals surface area (Å²) >= 11 is 0. The van der Waals surface area contributed by atoms with Gasteiger partial charge in [0.15, 0.2) is 5.96 Å². The van der Waals surface area contributed by atoms with Gasteiger partial charge in [0.05, 0.1) is 5.60 Å². The standard InChI is InChI=1S/C24H37N5O3/c1-15-3-6-19(30)11-20(15)23-9-10-29(14-17-4-5-17)16(2)24(23,32)8-7-18(12-23)28-21(31)13-27-22(25)26/h3,6,11,16-18,30,32H,4-5,7-10,12-14H2,1-2H3,(H,28,31)(H4,25,26,27). The highest BCUT2D eigenvalue weighted by Gasteiger charge is 2.61. The maximum atomic E-state index is 12.4. The number of nitrogens with two attached hydrogens (primary N) is 2. The van der Waals surface area contributed by atoms with Crippen LogP contribution in [0, 0.1) is 12.8 Å². The number of fused-ring (bicyclic) bond motifs is 1. The van der Waals surface area contributed by atoms with Crippen molar-refractivity contribution in [3.63, 3.8) is 0 Å². The van der Waals surface area contributed by atoms with E-state index in [4.69, 9.17) is 11.5 Å². The number of guanidine groups is 1. The minimum absolute atomic E-state index is 0.00288. The zero-order valence-corrected chi connectivity index (χ0v) is 19.2. The quantitative estimate of drug-likeness (QED) is 0.330. The van der Waals surface area contributed by atoms with Gasteiger partial charge in [0.1, 0.15) is 12.3 Å². The van der Waals surface area contributed by atoms with E-state index < -0.39 is 11.0 Å². The van der Waals surface area contributed by atoms with Crippen molar-refractivity contribution in [2.24, 2.45) is 22.4 Å². The summed E-state index contributed by atoms with van der Waals surface area (Å²) in [6.45, 7) is 6.01. The molecule has 0 spiro atoms. The van der Waals surface area contributed by atoms with Crippen LogP contribution < -0.4 is 16.8 Å². The highest BCUT2D eigenvalue weighted by molar-refractivity contribution is 5.83. The van der Waals surface area contributed by atoms with E-state index in [0.29, 0.717) is 19.3 Å². The van der Waals surface area contributed by atoms with E-state index in [1.165, 1.54) is 12.8 Å². The number of amides is 1. The van der Waals surface area contributed by atoms with Crippen molar-refractivity contribution < 1.29 is 15.0 Å². The Bertz CT molecular complexity index is 898. The van der Waals surface area contributed by atoms with Gasteiger partial charge >= 0.3 is 0 Å². The second-order valence-corrected chi connectivity index (χ2v) is 10.1. The number of phenols is 1. The number of benzene rings is 1. The fourth-order valence-electron chi connectivity index (χ4n) is 6.13. The van der Waals surface area contributed by atoms with E-state index in [1.807, 2.05) is 19.1 Å². The van der Waals surface area contributed by atoms with Gasteiger partial charge in [-0.05, 0) is 88.1 Å². The number of hydrogen-bond acceptors (Lipinski definition) is 5. The van der Waals surface area contributed by atoms with Gasteiger partial charge < -0.3 is 27.0 Å². The number of hydrogen-bond donors (Lipinski definition) is 5. The van der Waals surface area contributed by atoms with Gasteiger partial charge in [0.2, 0.25) is 5.91 Å². The Morgan fingerprint density at radius 1 is 1.28 bits per heavy atom. The van der Waals surface area contributed by atoms with Crippen molar-refractivity contribution in [3.8, 4) is 5.75 Å². The SMILES string of the molecule is Cc1ccc(O)cc1C12CCN(CC3CC3)C(C)C1(O)CCC(NC(=O)CN=C(N)N)C2. The number of carbonyl (C=O) groups is 1. The van der Waals surface area contributed by atoms with Crippen molar-refractivity contribution in [2.75, 3.05) is 19.6 Å². The Morgan fingerprint density at radius 2 is 2.03 bits per heavy atom. The molecule has 176 valence electrons. The Morgan fingerprint density at radius 3 is 2.72 bits per heavy atom. The summed E-state index contributed by atoms with van der Waals surface area (Å²) in [6, 6.07) is 5.32. The third kappa shape index (κ3) is 4.18. The summed E-state index contributed by atoms with van der Waals surface area (Å²) in [5.74, 6) is 0.620. The van der Waals surface area contributed by atoms with Crippen LogP contribution in [0.15, 0.2) is 23.2 Å². The molecule has 4 atom stereocenters. The first kappa shape index (κ1) is 22.9. The number of aliphatic imine (C=N–C) groups is 1. The van der Waals surface area contributed by atoms with Crippen molar-refractivity contribution in [1.82, 2.24) is 10.2 Å². The average molecular weight is 444 g/mol. The molecular weight excluding hydrogens is 406 g/mol. The van der Waals surface area contributed by atoms with Crippen LogP contribution in [0.25, 0.3) is 0 Å². The molecule has 8 nitrogen and oxygen atoms in total. The molecule has 2 saturated carbocycles. The normalized spacial score (nSPS) is 32.7. The predicted octanol–water partition coefficient (Wildman–Crippen LogP) is 1.12. The number of aliphatic hydroxyl groups is 1. The Kier molecular flexibility index (Phi) is 6.11. The second kappa shape index (κ2) is 8.56. The highest BCUT2D eigenvalue weighted by atomic mass is 16.3. The van der Waals surface area contributed by atoms with Crippen LogP contribution in [-0.4, -0.2) is 64.3 Å². The maximum absolute atomic E-state index is 12.4. The number of phenolic OH excluding ortho intramolecular Hbond substituents is 1. The van der Waals surface area contributed by atoms with E-state index in [1.54, 1.807) is 6.07 Å². The summed E-state index contributed by atoms with van der Waals surface area (Å²) in [5, 5.41) is 25.7. The summed E-state index contributed by atoms with van der Waals surface area (Å²) in [5.41, 5.74) is 11.3. The lowest BCUT2D eigenvalue weighted by Crippen LogP contribution is -2.71. The fraction of sp³-hybridized carbons (Fsp3) is 0.667. The third-order valence-electron chi connectivity index (χ3n) is 8.06. The van der Waals surface area contributed by atoms with Gasteiger partial charge in [-0.2, -0.15) is 0 Å². The monoisotopic (exact) mass is 443 g/mol. The summed E-state index contributed by atoms with van der Waals surface area (Å²) in [4.78, 5) is 18.7. The number of likely N-dealkylation sites (tertiary alicyclic amines) is 1. The predicted molar refractivity (Wildman–Crippen MR) is 124 cm³/mol. The van der Waals surface area contributed by atoms with Crippen molar-refractivity contribution in [1.29, 1.82) is 0 Å². The Hall–Kier alpha value is -2.32. The van der Waals surface area contributed by atoms with Gasteiger partial charge in [0.25, 0.3) is 0 Å². The molecule has 3 aliphatic rings. The molecule has 1 aromatic rings. The molecule has 1 saturated heterocycles. The van der Waals surface area contributed by atoms with E-state index in [9.17, 15) is 15.0 Å². The van der Waals surface area contributed by atoms with Crippen LogP contribution in [0.4, 0.5) is 0 Å². The number of carbonyl (C=O) groups excluding carboxylic acids is 1. The first-order chi connectivity index (χ1) is 15.1. The van der Waals surface area contributed by atoms with Gasteiger partial charge in [0, 0.05) is 24.0 Å². The van der Waals surface area contributed by atoms with Gasteiger partial charge in [-0.25, -0.2) is 4.99 Å². The van der Waals surface area contributed by atoms with Crippen LogP contribution >= 0.6 is 0 Å². The van der Waals surface area contributed by atoms with Crippen LogP contribution in [0.1, 0.15) is 56.6 Å². The first-order valence-corrected chi connectivity index (χ1v) is 11.8. The molecule has 1 amide bonds. The molecule has 1 aromatic carbocycles. The molecule has 4 rings (SSSR count). The van der Waals surface area contributed by atoms with Crippen LogP contribution in [0.5, 0.6) is 5.75 Å². The van der Waals surface area contributed by atoms with E-state index in [-0.39, 0.29) is 36.2 Å². The van der Waals surface area contributed by atoms with Crippen LogP contribution in [0.2, 0.25) is 0 Å². The van der Waals surface area contributed by atoms with Crippen molar-refractivity contribution in [3.05, 3.63) is 29.3 Å². The zero-order chi connectivity index (χ0) is 23.1. The molecule has 1 aliphatic heterocycles. The maximum Gasteiger partial charge on any atom is 0.242 e. The molecular formula is C24H37N5O3. The number of aromatic hydroxyl groups is 1. The summed E-state index contributed by atoms with van der Waals surface area (Å²) in [6.07, 6.45) is 5.22. The minimum Gasteiger partial charge on any atom is -0.508 e. The molecule has 0 aromatic heterocycles. The highest BCUT2D eigenvalue weighted by Crippen LogP contribution is 2.55. The molecule has 0 bridgehead atoms. The van der Waals surface area contributed by atoms with Gasteiger partial charge in [-0.1, -0.05) is 6.07 Å². The smallest absolute Gasteiger partial charge is 0.242 e. The molecule has 0 radical (unpaired) electrons.